The molecule has 1 heterocycles. The third-order valence-electron chi connectivity index (χ3n) is 4.01. The van der Waals surface area contributed by atoms with E-state index in [2.05, 4.69) is 21.1 Å². The van der Waals surface area contributed by atoms with Crippen molar-refractivity contribution in [1.29, 1.82) is 10.7 Å². The normalized spacial score (nSPS) is 10.8. The minimum absolute atomic E-state index is 0.0148. The number of nitrogens with zero attached hydrogens (tertiary/aromatic N) is 2. The lowest BCUT2D eigenvalue weighted by atomic mass is 10.0. The Kier molecular flexibility index (Phi) is 8.62. The molecule has 1 aromatic heterocycles. The molecule has 1 aromatic carbocycles. The number of rotatable bonds is 10. The molecule has 0 radical (unpaired) electrons. The number of hydroxylamine groups is 1. The Morgan fingerprint density at radius 3 is 2.72 bits per heavy atom. The van der Waals surface area contributed by atoms with E-state index in [0.29, 0.717) is 0 Å². The zero-order valence-corrected chi connectivity index (χ0v) is 17.3. The van der Waals surface area contributed by atoms with Gasteiger partial charge in [0.2, 0.25) is 11.9 Å². The van der Waals surface area contributed by atoms with Gasteiger partial charge in [0.15, 0.2) is 5.82 Å². The molecule has 0 fully saturated rings. The summed E-state index contributed by atoms with van der Waals surface area (Å²) in [5.74, 6) is -5.47. The van der Waals surface area contributed by atoms with Crippen molar-refractivity contribution in [3.8, 4) is 6.07 Å². The van der Waals surface area contributed by atoms with Gasteiger partial charge < -0.3 is 16.4 Å². The van der Waals surface area contributed by atoms with Gasteiger partial charge in [0.05, 0.1) is 41.9 Å². The van der Waals surface area contributed by atoms with E-state index in [0.717, 1.165) is 18.3 Å². The van der Waals surface area contributed by atoms with Gasteiger partial charge in [-0.15, -0.1) is 0 Å². The van der Waals surface area contributed by atoms with Gasteiger partial charge in [-0.3, -0.25) is 20.0 Å². The first kappa shape index (κ1) is 24.7. The fourth-order valence-corrected chi connectivity index (χ4v) is 2.63. The van der Waals surface area contributed by atoms with Crippen molar-refractivity contribution in [2.24, 2.45) is 5.73 Å². The highest BCUT2D eigenvalue weighted by molar-refractivity contribution is 6.30. The molecule has 2 rings (SSSR count). The average Bonchev–Trinajstić information content (AvgIpc) is 2.74. The first-order valence-electron chi connectivity index (χ1n) is 9.07. The van der Waals surface area contributed by atoms with Gasteiger partial charge in [0.1, 0.15) is 5.69 Å². The lowest BCUT2D eigenvalue weighted by molar-refractivity contribution is -0.120. The van der Waals surface area contributed by atoms with Crippen molar-refractivity contribution in [3.05, 3.63) is 58.1 Å². The van der Waals surface area contributed by atoms with E-state index in [1.807, 2.05) is 0 Å². The molecule has 0 unspecified atom stereocenters. The first-order valence-corrected chi connectivity index (χ1v) is 9.45. The van der Waals surface area contributed by atoms with Crippen LogP contribution in [0, 0.1) is 22.6 Å². The number of alkyl halides is 2. The number of halogens is 4. The first-order chi connectivity index (χ1) is 15.1. The highest BCUT2D eigenvalue weighted by Gasteiger charge is 2.33. The van der Waals surface area contributed by atoms with Crippen LogP contribution >= 0.6 is 11.6 Å². The van der Waals surface area contributed by atoms with E-state index in [1.165, 1.54) is 12.1 Å². The number of nitriles is 1. The largest absolute Gasteiger partial charge is 0.376 e. The van der Waals surface area contributed by atoms with Crippen LogP contribution in [0.15, 0.2) is 30.5 Å². The minimum Gasteiger partial charge on any atom is -0.376 e. The molecule has 0 saturated carbocycles. The Morgan fingerprint density at radius 1 is 1.34 bits per heavy atom. The van der Waals surface area contributed by atoms with Crippen molar-refractivity contribution in [2.45, 2.75) is 12.3 Å². The number of carbonyl (C=O) groups excluding carboxylic acids is 1. The highest BCUT2D eigenvalue weighted by Crippen LogP contribution is 2.29. The van der Waals surface area contributed by atoms with Crippen LogP contribution in [0.1, 0.15) is 16.8 Å². The molecule has 170 valence electrons. The van der Waals surface area contributed by atoms with Crippen LogP contribution in [0.25, 0.3) is 0 Å². The summed E-state index contributed by atoms with van der Waals surface area (Å²) >= 11 is 5.65. The minimum atomic E-state index is -3.43. The number of nitrogens with one attached hydrogen (secondary N) is 4. The van der Waals surface area contributed by atoms with Gasteiger partial charge in [0.25, 0.3) is 0 Å². The van der Waals surface area contributed by atoms with Gasteiger partial charge in [-0.2, -0.15) is 14.0 Å². The number of hydrogen-bond acceptors (Lipinski definition) is 6. The SMILES string of the molecule is N#Cc1ccc(NCC(F)(F)c2ccc(Cl)cn2)c(F)c1CC(=O)NCCONC(=N)N. The smallest absolute Gasteiger partial charge is 0.306 e. The van der Waals surface area contributed by atoms with E-state index in [-0.39, 0.29) is 35.0 Å². The second kappa shape index (κ2) is 11.2. The van der Waals surface area contributed by atoms with Gasteiger partial charge in [0, 0.05) is 18.3 Å². The van der Waals surface area contributed by atoms with Crippen LogP contribution in [-0.4, -0.2) is 36.5 Å². The molecule has 0 spiro atoms. The topological polar surface area (TPSA) is 149 Å². The molecule has 2 aromatic rings. The van der Waals surface area contributed by atoms with Crippen molar-refractivity contribution >= 4 is 29.2 Å². The number of aromatic nitrogens is 1. The zero-order chi connectivity index (χ0) is 23.7. The van der Waals surface area contributed by atoms with Crippen LogP contribution in [0.2, 0.25) is 5.02 Å². The van der Waals surface area contributed by atoms with Crippen LogP contribution < -0.4 is 21.8 Å². The van der Waals surface area contributed by atoms with Gasteiger partial charge in [-0.1, -0.05) is 11.6 Å². The van der Waals surface area contributed by atoms with Crippen LogP contribution in [-0.2, 0) is 22.0 Å². The predicted octanol–water partition coefficient (Wildman–Crippen LogP) is 2.02. The number of amides is 1. The van der Waals surface area contributed by atoms with Gasteiger partial charge in [-0.05, 0) is 24.3 Å². The average molecular weight is 470 g/mol. The summed E-state index contributed by atoms with van der Waals surface area (Å²) in [6.45, 7) is -0.994. The summed E-state index contributed by atoms with van der Waals surface area (Å²) < 4.78 is 43.6. The summed E-state index contributed by atoms with van der Waals surface area (Å²) in [5.41, 5.74) is 5.89. The number of nitrogens with two attached hydrogens (primary N) is 1. The molecule has 0 atom stereocenters. The van der Waals surface area contributed by atoms with Gasteiger partial charge >= 0.3 is 5.92 Å². The quantitative estimate of drug-likeness (QED) is 0.155. The number of pyridine rings is 1. The molecular weight excluding hydrogens is 451 g/mol. The molecular formula is C19H19ClF3N7O2. The number of hydrogen-bond donors (Lipinski definition) is 5. The molecule has 1 amide bonds. The van der Waals surface area contributed by atoms with E-state index in [1.54, 1.807) is 6.07 Å². The Labute approximate surface area is 186 Å². The summed E-state index contributed by atoms with van der Waals surface area (Å²) in [6.07, 6.45) is 0.574. The van der Waals surface area contributed by atoms with E-state index in [4.69, 9.17) is 27.6 Å². The van der Waals surface area contributed by atoms with E-state index < -0.39 is 42.3 Å². The zero-order valence-electron chi connectivity index (χ0n) is 16.5. The predicted molar refractivity (Wildman–Crippen MR) is 110 cm³/mol. The number of guanidine groups is 1. The molecule has 13 heteroatoms. The molecule has 0 aliphatic rings. The second-order valence-electron chi connectivity index (χ2n) is 6.38. The maximum Gasteiger partial charge on any atom is 0.306 e. The molecule has 0 bridgehead atoms. The molecule has 9 nitrogen and oxygen atoms in total. The summed E-state index contributed by atoms with van der Waals surface area (Å²) in [4.78, 5) is 20.4. The maximum atomic E-state index is 14.9. The lowest BCUT2D eigenvalue weighted by Gasteiger charge is -2.18. The Bertz CT molecular complexity index is 1010. The van der Waals surface area contributed by atoms with E-state index in [9.17, 15) is 23.2 Å². The van der Waals surface area contributed by atoms with Crippen molar-refractivity contribution in [2.75, 3.05) is 25.0 Å². The number of benzene rings is 1. The van der Waals surface area contributed by atoms with Crippen molar-refractivity contribution in [3.63, 3.8) is 0 Å². The molecule has 0 aliphatic carbocycles. The number of anilines is 1. The van der Waals surface area contributed by atoms with Crippen LogP contribution in [0.3, 0.4) is 0 Å². The lowest BCUT2D eigenvalue weighted by Crippen LogP contribution is -2.35. The highest BCUT2D eigenvalue weighted by atomic mass is 35.5. The third-order valence-corrected chi connectivity index (χ3v) is 4.24. The van der Waals surface area contributed by atoms with Gasteiger partial charge in [-0.25, -0.2) is 9.87 Å². The Balaban J connectivity index is 2.05. The van der Waals surface area contributed by atoms with Crippen LogP contribution in [0.5, 0.6) is 0 Å². The Hall–Kier alpha value is -3.56. The Morgan fingerprint density at radius 2 is 2.09 bits per heavy atom. The monoisotopic (exact) mass is 469 g/mol. The van der Waals surface area contributed by atoms with Crippen molar-refractivity contribution < 1.29 is 22.8 Å². The number of carbonyl (C=O) groups is 1. The van der Waals surface area contributed by atoms with Crippen molar-refractivity contribution in [1.82, 2.24) is 15.8 Å². The molecule has 0 saturated heterocycles. The fourth-order valence-electron chi connectivity index (χ4n) is 2.52. The van der Waals surface area contributed by atoms with E-state index >= 15 is 0 Å². The maximum absolute atomic E-state index is 14.9. The standard InChI is InChI=1S/C19H19ClF3N7O2/c20-12-2-4-15(28-9-12)19(22,23)10-29-14-3-1-11(8-24)13(17(14)21)7-16(31)27-5-6-32-30-18(25)26/h1-4,9,29H,5-7,10H2,(H,27,31)(H4,25,26,30). The summed E-state index contributed by atoms with van der Waals surface area (Å²) in [7, 11) is 0. The molecule has 6 N–H and O–H groups in total. The molecule has 0 aliphatic heterocycles. The third kappa shape index (κ3) is 7.00. The summed E-state index contributed by atoms with van der Waals surface area (Å²) in [6, 6.07) is 6.46. The summed E-state index contributed by atoms with van der Waals surface area (Å²) in [5, 5.41) is 21.0. The fraction of sp³-hybridized carbons (Fsp3) is 0.263. The molecule has 32 heavy (non-hydrogen) atoms. The van der Waals surface area contributed by atoms with Crippen LogP contribution in [0.4, 0.5) is 18.9 Å². The second-order valence-corrected chi connectivity index (χ2v) is 6.81.